The van der Waals surface area contributed by atoms with Gasteiger partial charge in [0.2, 0.25) is 6.35 Å². The summed E-state index contributed by atoms with van der Waals surface area (Å²) in [6, 6.07) is 20.8. The highest BCUT2D eigenvalue weighted by atomic mass is 16.5. The van der Waals surface area contributed by atoms with Gasteiger partial charge in [-0.2, -0.15) is 0 Å². The molecular formula is C16H18N2O. The Morgan fingerprint density at radius 1 is 0.789 bits per heavy atom. The molecule has 1 aliphatic heterocycles. The number of methoxy groups -OCH3 is 1. The van der Waals surface area contributed by atoms with Gasteiger partial charge in [-0.3, -0.25) is 0 Å². The summed E-state index contributed by atoms with van der Waals surface area (Å²) in [5.74, 6) is 0. The first-order valence-corrected chi connectivity index (χ1v) is 6.56. The minimum atomic E-state index is -0.0372. The van der Waals surface area contributed by atoms with E-state index in [9.17, 15) is 0 Å². The fourth-order valence-electron chi connectivity index (χ4n) is 2.61. The van der Waals surface area contributed by atoms with Crippen molar-refractivity contribution in [2.45, 2.75) is 6.35 Å². The van der Waals surface area contributed by atoms with Gasteiger partial charge in [-0.05, 0) is 24.3 Å². The maximum atomic E-state index is 5.70. The van der Waals surface area contributed by atoms with Crippen LogP contribution in [-0.2, 0) is 4.74 Å². The average Bonchev–Trinajstić information content (AvgIpc) is 2.93. The van der Waals surface area contributed by atoms with Crippen molar-refractivity contribution in [1.82, 2.24) is 0 Å². The van der Waals surface area contributed by atoms with Gasteiger partial charge in [-0.25, -0.2) is 0 Å². The summed E-state index contributed by atoms with van der Waals surface area (Å²) in [6.07, 6.45) is -0.0372. The number of hydrogen-bond donors (Lipinski definition) is 0. The minimum absolute atomic E-state index is 0.0372. The molecular weight excluding hydrogens is 236 g/mol. The fraction of sp³-hybridized carbons (Fsp3) is 0.250. The van der Waals surface area contributed by atoms with E-state index in [1.165, 1.54) is 11.4 Å². The van der Waals surface area contributed by atoms with E-state index in [0.29, 0.717) is 0 Å². The van der Waals surface area contributed by atoms with Crippen LogP contribution in [0.15, 0.2) is 60.7 Å². The first-order chi connectivity index (χ1) is 9.40. The molecule has 0 saturated carbocycles. The minimum Gasteiger partial charge on any atom is -0.344 e. The molecule has 98 valence electrons. The van der Waals surface area contributed by atoms with Crippen molar-refractivity contribution in [2.75, 3.05) is 30.0 Å². The lowest BCUT2D eigenvalue weighted by atomic mass is 10.3. The van der Waals surface area contributed by atoms with Gasteiger partial charge >= 0.3 is 0 Å². The van der Waals surface area contributed by atoms with Gasteiger partial charge in [0.05, 0.1) is 0 Å². The van der Waals surface area contributed by atoms with E-state index in [0.717, 1.165) is 13.1 Å². The van der Waals surface area contributed by atoms with E-state index in [-0.39, 0.29) is 6.35 Å². The van der Waals surface area contributed by atoms with E-state index in [1.54, 1.807) is 7.11 Å². The summed E-state index contributed by atoms with van der Waals surface area (Å²) < 4.78 is 5.70. The van der Waals surface area contributed by atoms with Gasteiger partial charge in [0.1, 0.15) is 0 Å². The molecule has 0 atom stereocenters. The van der Waals surface area contributed by atoms with Crippen molar-refractivity contribution in [3.63, 3.8) is 0 Å². The molecule has 0 aliphatic carbocycles. The Hall–Kier alpha value is -2.00. The highest BCUT2D eigenvalue weighted by Crippen LogP contribution is 2.28. The number of para-hydroxylation sites is 2. The first-order valence-electron chi connectivity index (χ1n) is 6.56. The van der Waals surface area contributed by atoms with E-state index in [4.69, 9.17) is 4.74 Å². The van der Waals surface area contributed by atoms with Crippen molar-refractivity contribution in [3.8, 4) is 0 Å². The van der Waals surface area contributed by atoms with Crippen LogP contribution >= 0.6 is 0 Å². The molecule has 2 aromatic rings. The Bertz CT molecular complexity index is 467. The summed E-state index contributed by atoms with van der Waals surface area (Å²) in [7, 11) is 1.77. The predicted octanol–water partition coefficient (Wildman–Crippen LogP) is 2.94. The Kier molecular flexibility index (Phi) is 3.38. The summed E-state index contributed by atoms with van der Waals surface area (Å²) in [6.45, 7) is 1.94. The van der Waals surface area contributed by atoms with Gasteiger partial charge in [0.25, 0.3) is 0 Å². The maximum Gasteiger partial charge on any atom is 0.210 e. The van der Waals surface area contributed by atoms with Crippen LogP contribution in [0.2, 0.25) is 0 Å². The van der Waals surface area contributed by atoms with Gasteiger partial charge < -0.3 is 14.5 Å². The third-order valence-corrected chi connectivity index (χ3v) is 3.50. The standard InChI is InChI=1S/C16H18N2O/c1-19-16-17(14-8-4-2-5-9-14)12-13-18(16)15-10-6-3-7-11-15/h2-11,16H,12-13H2,1H3. The van der Waals surface area contributed by atoms with Crippen LogP contribution in [0.3, 0.4) is 0 Å². The summed E-state index contributed by atoms with van der Waals surface area (Å²) in [4.78, 5) is 4.57. The van der Waals surface area contributed by atoms with E-state index in [2.05, 4.69) is 58.3 Å². The number of ether oxygens (including phenoxy) is 1. The molecule has 0 unspecified atom stereocenters. The number of anilines is 2. The largest absolute Gasteiger partial charge is 0.344 e. The first kappa shape index (κ1) is 12.1. The van der Waals surface area contributed by atoms with Crippen LogP contribution in [0.5, 0.6) is 0 Å². The molecule has 1 saturated heterocycles. The monoisotopic (exact) mass is 254 g/mol. The van der Waals surface area contributed by atoms with Gasteiger partial charge in [0, 0.05) is 31.6 Å². The number of nitrogens with zero attached hydrogens (tertiary/aromatic N) is 2. The van der Waals surface area contributed by atoms with Crippen LogP contribution in [0, 0.1) is 0 Å². The average molecular weight is 254 g/mol. The lowest BCUT2D eigenvalue weighted by Gasteiger charge is -2.31. The molecule has 0 aromatic heterocycles. The zero-order chi connectivity index (χ0) is 13.1. The van der Waals surface area contributed by atoms with Crippen LogP contribution in [0.25, 0.3) is 0 Å². The quantitative estimate of drug-likeness (QED) is 0.837. The molecule has 2 aromatic carbocycles. The third kappa shape index (κ3) is 2.29. The van der Waals surface area contributed by atoms with Crippen molar-refractivity contribution >= 4 is 11.4 Å². The fourth-order valence-corrected chi connectivity index (χ4v) is 2.61. The Morgan fingerprint density at radius 3 is 1.58 bits per heavy atom. The number of hydrogen-bond acceptors (Lipinski definition) is 3. The Morgan fingerprint density at radius 2 is 1.21 bits per heavy atom. The van der Waals surface area contributed by atoms with Crippen LogP contribution in [0.4, 0.5) is 11.4 Å². The molecule has 0 bridgehead atoms. The number of benzene rings is 2. The van der Waals surface area contributed by atoms with Gasteiger partial charge in [0.15, 0.2) is 0 Å². The van der Waals surface area contributed by atoms with Crippen molar-refractivity contribution in [2.24, 2.45) is 0 Å². The normalized spacial score (nSPS) is 16.1. The molecule has 1 fully saturated rings. The SMILES string of the molecule is COC1N(c2ccccc2)CCN1c1ccccc1. The second kappa shape index (κ2) is 5.33. The van der Waals surface area contributed by atoms with Crippen LogP contribution in [-0.4, -0.2) is 26.6 Å². The lowest BCUT2D eigenvalue weighted by Crippen LogP contribution is -2.40. The summed E-state index contributed by atoms with van der Waals surface area (Å²) >= 11 is 0. The van der Waals surface area contributed by atoms with E-state index >= 15 is 0 Å². The molecule has 0 spiro atoms. The zero-order valence-corrected chi connectivity index (χ0v) is 11.1. The predicted molar refractivity (Wildman–Crippen MR) is 78.4 cm³/mol. The molecule has 0 amide bonds. The molecule has 0 N–H and O–H groups in total. The topological polar surface area (TPSA) is 15.7 Å². The molecule has 1 heterocycles. The molecule has 3 rings (SSSR count). The second-order valence-corrected chi connectivity index (χ2v) is 4.62. The van der Waals surface area contributed by atoms with Crippen LogP contribution < -0.4 is 9.80 Å². The molecule has 0 radical (unpaired) electrons. The molecule has 3 heteroatoms. The third-order valence-electron chi connectivity index (χ3n) is 3.50. The van der Waals surface area contributed by atoms with Crippen molar-refractivity contribution in [1.29, 1.82) is 0 Å². The highest BCUT2D eigenvalue weighted by Gasteiger charge is 2.32. The highest BCUT2D eigenvalue weighted by molar-refractivity contribution is 5.55. The van der Waals surface area contributed by atoms with Crippen LogP contribution in [0.1, 0.15) is 0 Å². The van der Waals surface area contributed by atoms with E-state index < -0.39 is 0 Å². The van der Waals surface area contributed by atoms with Gasteiger partial charge in [-0.1, -0.05) is 36.4 Å². The summed E-state index contributed by atoms with van der Waals surface area (Å²) in [5, 5.41) is 0. The lowest BCUT2D eigenvalue weighted by molar-refractivity contribution is 0.114. The molecule has 3 nitrogen and oxygen atoms in total. The van der Waals surface area contributed by atoms with Crippen molar-refractivity contribution in [3.05, 3.63) is 60.7 Å². The number of rotatable bonds is 3. The zero-order valence-electron chi connectivity index (χ0n) is 11.1. The molecule has 1 aliphatic rings. The van der Waals surface area contributed by atoms with Gasteiger partial charge in [-0.15, -0.1) is 0 Å². The Balaban J connectivity index is 1.87. The summed E-state index contributed by atoms with van der Waals surface area (Å²) in [5.41, 5.74) is 2.40. The second-order valence-electron chi connectivity index (χ2n) is 4.62. The smallest absolute Gasteiger partial charge is 0.210 e. The van der Waals surface area contributed by atoms with Crippen molar-refractivity contribution < 1.29 is 4.74 Å². The Labute approximate surface area is 114 Å². The van der Waals surface area contributed by atoms with E-state index in [1.807, 2.05) is 12.1 Å². The molecule has 19 heavy (non-hydrogen) atoms. The maximum absolute atomic E-state index is 5.70.